The largest absolute Gasteiger partial charge is 0.373 e. The highest BCUT2D eigenvalue weighted by Gasteiger charge is 2.20. The third-order valence-electron chi connectivity index (χ3n) is 5.81. The molecule has 30 heavy (non-hydrogen) atoms. The molecule has 1 fully saturated rings. The number of hydrogen-bond donors (Lipinski definition) is 0. The van der Waals surface area contributed by atoms with Gasteiger partial charge in [-0.2, -0.15) is 0 Å². The van der Waals surface area contributed by atoms with E-state index in [-0.39, 0.29) is 23.2 Å². The quantitative estimate of drug-likeness (QED) is 0.606. The third kappa shape index (κ3) is 4.08. The molecular formula is C21H26FN5O3. The molecule has 3 aromatic rings. The Morgan fingerprint density at radius 3 is 2.47 bits per heavy atom. The van der Waals surface area contributed by atoms with Crippen LogP contribution in [-0.2, 0) is 32.0 Å². The van der Waals surface area contributed by atoms with Gasteiger partial charge in [0.05, 0.1) is 19.0 Å². The van der Waals surface area contributed by atoms with Gasteiger partial charge in [0.25, 0.3) is 5.56 Å². The summed E-state index contributed by atoms with van der Waals surface area (Å²) < 4.78 is 23.3. The second-order valence-electron chi connectivity index (χ2n) is 7.79. The first-order valence-corrected chi connectivity index (χ1v) is 10.1. The van der Waals surface area contributed by atoms with Crippen molar-refractivity contribution in [2.24, 2.45) is 14.1 Å². The number of aromatic nitrogens is 4. The Labute approximate surface area is 173 Å². The van der Waals surface area contributed by atoms with Crippen molar-refractivity contribution in [1.29, 1.82) is 0 Å². The Kier molecular flexibility index (Phi) is 5.83. The molecule has 0 aliphatic carbocycles. The molecule has 0 bridgehead atoms. The summed E-state index contributed by atoms with van der Waals surface area (Å²) in [4.78, 5) is 31.2. The predicted molar refractivity (Wildman–Crippen MR) is 111 cm³/mol. The van der Waals surface area contributed by atoms with E-state index in [0.717, 1.165) is 42.6 Å². The molecule has 1 aliphatic rings. The Morgan fingerprint density at radius 2 is 1.77 bits per heavy atom. The van der Waals surface area contributed by atoms with E-state index in [1.165, 1.54) is 23.7 Å². The monoisotopic (exact) mass is 415 g/mol. The first-order valence-electron chi connectivity index (χ1n) is 10.1. The van der Waals surface area contributed by atoms with Crippen molar-refractivity contribution < 1.29 is 9.13 Å². The fourth-order valence-corrected chi connectivity index (χ4v) is 3.91. The molecule has 0 N–H and O–H groups in total. The number of fused-ring (bicyclic) bond motifs is 1. The van der Waals surface area contributed by atoms with Crippen molar-refractivity contribution in [2.45, 2.75) is 32.1 Å². The van der Waals surface area contributed by atoms with Crippen LogP contribution in [-0.4, -0.2) is 49.3 Å². The van der Waals surface area contributed by atoms with Crippen LogP contribution in [0, 0.1) is 5.82 Å². The van der Waals surface area contributed by atoms with Crippen LogP contribution >= 0.6 is 0 Å². The first-order chi connectivity index (χ1) is 14.4. The number of hydrogen-bond acceptors (Lipinski definition) is 5. The number of likely N-dealkylation sites (tertiary alicyclic amines) is 1. The van der Waals surface area contributed by atoms with Crippen LogP contribution in [0.3, 0.4) is 0 Å². The molecule has 160 valence electrons. The lowest BCUT2D eigenvalue weighted by atomic mass is 10.1. The Balaban J connectivity index is 1.31. The number of ether oxygens (including phenoxy) is 1. The molecule has 0 spiro atoms. The van der Waals surface area contributed by atoms with Gasteiger partial charge in [-0.3, -0.25) is 13.9 Å². The summed E-state index contributed by atoms with van der Waals surface area (Å²) >= 11 is 0. The zero-order valence-corrected chi connectivity index (χ0v) is 17.3. The summed E-state index contributed by atoms with van der Waals surface area (Å²) in [5.74, 6) is -0.238. The van der Waals surface area contributed by atoms with Crippen LogP contribution in [0.25, 0.3) is 11.2 Å². The van der Waals surface area contributed by atoms with Crippen LogP contribution in [0.4, 0.5) is 4.39 Å². The molecule has 0 saturated carbocycles. The van der Waals surface area contributed by atoms with E-state index in [1.807, 2.05) is 4.57 Å². The SMILES string of the molecule is Cn1c(=O)c2c(ncn2CCN2CCC(OCc3ccc(F)cc3)CC2)n(C)c1=O. The second kappa shape index (κ2) is 8.53. The van der Waals surface area contributed by atoms with Crippen molar-refractivity contribution in [3.8, 4) is 0 Å². The highest BCUT2D eigenvalue weighted by atomic mass is 19.1. The van der Waals surface area contributed by atoms with Crippen molar-refractivity contribution >= 4 is 11.2 Å². The summed E-state index contributed by atoms with van der Waals surface area (Å²) in [6, 6.07) is 6.40. The van der Waals surface area contributed by atoms with Gasteiger partial charge in [-0.15, -0.1) is 0 Å². The zero-order valence-electron chi connectivity index (χ0n) is 17.3. The van der Waals surface area contributed by atoms with Gasteiger partial charge in [0.15, 0.2) is 11.2 Å². The maximum Gasteiger partial charge on any atom is 0.332 e. The molecule has 9 heteroatoms. The average Bonchev–Trinajstić information content (AvgIpc) is 3.19. The van der Waals surface area contributed by atoms with Gasteiger partial charge in [0.2, 0.25) is 0 Å². The van der Waals surface area contributed by atoms with E-state index in [0.29, 0.717) is 24.3 Å². The topological polar surface area (TPSA) is 74.3 Å². The molecule has 1 aliphatic heterocycles. The summed E-state index contributed by atoms with van der Waals surface area (Å²) in [5.41, 5.74) is 1.15. The highest BCUT2D eigenvalue weighted by Crippen LogP contribution is 2.16. The number of benzene rings is 1. The van der Waals surface area contributed by atoms with E-state index >= 15 is 0 Å². The zero-order chi connectivity index (χ0) is 21.3. The van der Waals surface area contributed by atoms with E-state index in [2.05, 4.69) is 9.88 Å². The number of nitrogens with zero attached hydrogens (tertiary/aromatic N) is 5. The molecule has 4 rings (SSSR count). The van der Waals surface area contributed by atoms with Crippen molar-refractivity contribution in [3.63, 3.8) is 0 Å². The van der Waals surface area contributed by atoms with E-state index in [9.17, 15) is 14.0 Å². The molecule has 1 saturated heterocycles. The Morgan fingerprint density at radius 1 is 1.07 bits per heavy atom. The van der Waals surface area contributed by atoms with Crippen LogP contribution in [0.5, 0.6) is 0 Å². The maximum atomic E-state index is 13.0. The molecule has 0 amide bonds. The van der Waals surface area contributed by atoms with E-state index in [1.54, 1.807) is 25.5 Å². The van der Waals surface area contributed by atoms with Gasteiger partial charge in [-0.05, 0) is 30.5 Å². The lowest BCUT2D eigenvalue weighted by Crippen LogP contribution is -2.39. The Bertz CT molecular complexity index is 1140. The lowest BCUT2D eigenvalue weighted by molar-refractivity contribution is -0.00289. The molecule has 1 aromatic carbocycles. The smallest absolute Gasteiger partial charge is 0.332 e. The average molecular weight is 415 g/mol. The van der Waals surface area contributed by atoms with Gasteiger partial charge in [-0.25, -0.2) is 14.2 Å². The lowest BCUT2D eigenvalue weighted by Gasteiger charge is -2.32. The maximum absolute atomic E-state index is 13.0. The van der Waals surface area contributed by atoms with Crippen molar-refractivity contribution in [3.05, 3.63) is 62.8 Å². The summed E-state index contributed by atoms with van der Waals surface area (Å²) in [7, 11) is 3.11. The molecule has 0 unspecified atom stereocenters. The summed E-state index contributed by atoms with van der Waals surface area (Å²) in [6.07, 6.45) is 3.69. The number of halogens is 1. The first kappa shape index (κ1) is 20.5. The fraction of sp³-hybridized carbons (Fsp3) is 0.476. The van der Waals surface area contributed by atoms with Gasteiger partial charge in [-0.1, -0.05) is 12.1 Å². The van der Waals surface area contributed by atoms with Gasteiger partial charge < -0.3 is 14.2 Å². The van der Waals surface area contributed by atoms with Crippen molar-refractivity contribution in [2.75, 3.05) is 19.6 Å². The fourth-order valence-electron chi connectivity index (χ4n) is 3.91. The number of imidazole rings is 1. The standard InChI is InChI=1S/C21H26FN5O3/c1-24-19-18(20(28)25(2)21(24)29)27(14-23-19)12-11-26-9-7-17(8-10-26)30-13-15-3-5-16(22)6-4-15/h3-6,14,17H,7-13H2,1-2H3. The number of piperidine rings is 1. The van der Waals surface area contributed by atoms with Crippen LogP contribution < -0.4 is 11.2 Å². The van der Waals surface area contributed by atoms with Crippen LogP contribution in [0.2, 0.25) is 0 Å². The highest BCUT2D eigenvalue weighted by molar-refractivity contribution is 5.69. The minimum Gasteiger partial charge on any atom is -0.373 e. The minimum absolute atomic E-state index is 0.196. The molecule has 0 radical (unpaired) electrons. The molecule has 3 heterocycles. The normalized spacial score (nSPS) is 15.8. The number of aryl methyl sites for hydroxylation is 1. The summed E-state index contributed by atoms with van der Waals surface area (Å²) in [6.45, 7) is 3.75. The minimum atomic E-state index is -0.375. The molecule has 0 atom stereocenters. The van der Waals surface area contributed by atoms with Crippen LogP contribution in [0.15, 0.2) is 40.2 Å². The van der Waals surface area contributed by atoms with Crippen LogP contribution in [0.1, 0.15) is 18.4 Å². The third-order valence-corrected chi connectivity index (χ3v) is 5.81. The Hall–Kier alpha value is -2.78. The number of rotatable bonds is 6. The van der Waals surface area contributed by atoms with Crippen molar-refractivity contribution in [1.82, 2.24) is 23.6 Å². The van der Waals surface area contributed by atoms with Gasteiger partial charge >= 0.3 is 5.69 Å². The van der Waals surface area contributed by atoms with Gasteiger partial charge in [0.1, 0.15) is 5.82 Å². The summed E-state index contributed by atoms with van der Waals surface area (Å²) in [5, 5.41) is 0. The molecule has 8 nitrogen and oxygen atoms in total. The predicted octanol–water partition coefficient (Wildman–Crippen LogP) is 1.25. The van der Waals surface area contributed by atoms with E-state index in [4.69, 9.17) is 4.74 Å². The van der Waals surface area contributed by atoms with Gasteiger partial charge in [0, 0.05) is 40.3 Å². The van der Waals surface area contributed by atoms with E-state index < -0.39 is 0 Å². The second-order valence-corrected chi connectivity index (χ2v) is 7.79. The molecule has 2 aromatic heterocycles. The molecular weight excluding hydrogens is 389 g/mol.